The van der Waals surface area contributed by atoms with Crippen molar-refractivity contribution in [2.24, 2.45) is 0 Å². The van der Waals surface area contributed by atoms with E-state index in [4.69, 9.17) is 0 Å². The molecule has 1 saturated carbocycles. The standard InChI is InChI=1S/C12H18BrNS/c13-7-9-14(11-3-1-4-11)8-6-12-5-2-10-15-12/h2,5,10-11H,1,3-4,6-9H2. The van der Waals surface area contributed by atoms with Crippen LogP contribution in [-0.4, -0.2) is 29.4 Å². The Labute approximate surface area is 105 Å². The van der Waals surface area contributed by atoms with Gasteiger partial charge in [0.1, 0.15) is 0 Å². The number of hydrogen-bond donors (Lipinski definition) is 0. The van der Waals surface area contributed by atoms with E-state index in [-0.39, 0.29) is 0 Å². The van der Waals surface area contributed by atoms with Crippen molar-refractivity contribution in [1.29, 1.82) is 0 Å². The summed E-state index contributed by atoms with van der Waals surface area (Å²) >= 11 is 5.43. The molecule has 0 radical (unpaired) electrons. The number of thiophene rings is 1. The fourth-order valence-corrected chi connectivity index (χ4v) is 3.20. The summed E-state index contributed by atoms with van der Waals surface area (Å²) < 4.78 is 0. The molecule has 0 saturated heterocycles. The van der Waals surface area contributed by atoms with Crippen LogP contribution in [0.4, 0.5) is 0 Å². The summed E-state index contributed by atoms with van der Waals surface area (Å²) in [6.45, 7) is 2.44. The van der Waals surface area contributed by atoms with Gasteiger partial charge in [-0.15, -0.1) is 11.3 Å². The second-order valence-electron chi connectivity index (χ2n) is 4.14. The van der Waals surface area contributed by atoms with E-state index < -0.39 is 0 Å². The van der Waals surface area contributed by atoms with Gasteiger partial charge in [-0.05, 0) is 30.7 Å². The van der Waals surface area contributed by atoms with Crippen LogP contribution < -0.4 is 0 Å². The second-order valence-corrected chi connectivity index (χ2v) is 5.96. The van der Waals surface area contributed by atoms with Crippen molar-refractivity contribution in [3.63, 3.8) is 0 Å². The SMILES string of the molecule is BrCCN(CCc1cccs1)C1CCC1. The molecule has 0 unspecified atom stereocenters. The summed E-state index contributed by atoms with van der Waals surface area (Å²) in [5, 5.41) is 3.28. The van der Waals surface area contributed by atoms with E-state index in [0.29, 0.717) is 0 Å². The molecule has 84 valence electrons. The highest BCUT2D eigenvalue weighted by molar-refractivity contribution is 9.09. The van der Waals surface area contributed by atoms with Crippen molar-refractivity contribution >= 4 is 27.3 Å². The molecule has 0 aliphatic heterocycles. The van der Waals surface area contributed by atoms with Gasteiger partial charge in [-0.2, -0.15) is 0 Å². The zero-order valence-electron chi connectivity index (χ0n) is 8.99. The predicted molar refractivity (Wildman–Crippen MR) is 71.0 cm³/mol. The normalized spacial score (nSPS) is 16.9. The molecule has 0 amide bonds. The summed E-state index contributed by atoms with van der Waals surface area (Å²) in [6, 6.07) is 5.28. The van der Waals surface area contributed by atoms with Crippen LogP contribution >= 0.6 is 27.3 Å². The first-order valence-corrected chi connectivity index (χ1v) is 7.72. The maximum absolute atomic E-state index is 3.55. The Morgan fingerprint density at radius 2 is 2.27 bits per heavy atom. The minimum atomic E-state index is 0.877. The van der Waals surface area contributed by atoms with Gasteiger partial charge in [-0.1, -0.05) is 28.4 Å². The van der Waals surface area contributed by atoms with E-state index in [2.05, 4.69) is 38.3 Å². The predicted octanol–water partition coefficient (Wildman–Crippen LogP) is 3.54. The molecule has 1 aliphatic carbocycles. The minimum absolute atomic E-state index is 0.877. The van der Waals surface area contributed by atoms with Gasteiger partial charge in [0.25, 0.3) is 0 Å². The molecular weight excluding hydrogens is 270 g/mol. The van der Waals surface area contributed by atoms with Crippen molar-refractivity contribution in [2.45, 2.75) is 31.7 Å². The van der Waals surface area contributed by atoms with Gasteiger partial charge in [0.15, 0.2) is 0 Å². The summed E-state index contributed by atoms with van der Waals surface area (Å²) in [4.78, 5) is 4.17. The molecule has 3 heteroatoms. The molecule has 1 fully saturated rings. The number of rotatable bonds is 6. The lowest BCUT2D eigenvalue weighted by atomic mass is 9.91. The number of hydrogen-bond acceptors (Lipinski definition) is 2. The van der Waals surface area contributed by atoms with Crippen LogP contribution in [0.2, 0.25) is 0 Å². The summed E-state index contributed by atoms with van der Waals surface area (Å²) in [7, 11) is 0. The topological polar surface area (TPSA) is 3.24 Å². The van der Waals surface area contributed by atoms with Crippen molar-refractivity contribution in [3.8, 4) is 0 Å². The molecule has 0 spiro atoms. The third kappa shape index (κ3) is 3.30. The van der Waals surface area contributed by atoms with Crippen LogP contribution in [-0.2, 0) is 6.42 Å². The lowest BCUT2D eigenvalue weighted by molar-refractivity contribution is 0.137. The summed E-state index contributed by atoms with van der Waals surface area (Å²) in [5.74, 6) is 0. The maximum Gasteiger partial charge on any atom is 0.0159 e. The Morgan fingerprint density at radius 1 is 1.40 bits per heavy atom. The molecule has 1 aliphatic rings. The first-order valence-electron chi connectivity index (χ1n) is 5.72. The van der Waals surface area contributed by atoms with Crippen LogP contribution in [0, 0.1) is 0 Å². The van der Waals surface area contributed by atoms with E-state index in [1.165, 1.54) is 43.6 Å². The Morgan fingerprint density at radius 3 is 2.80 bits per heavy atom. The average Bonchev–Trinajstić information content (AvgIpc) is 2.64. The first kappa shape index (κ1) is 11.6. The molecule has 0 bridgehead atoms. The van der Waals surface area contributed by atoms with E-state index in [1.807, 2.05) is 11.3 Å². The Hall–Kier alpha value is 0.140. The Balaban J connectivity index is 1.78. The lowest BCUT2D eigenvalue weighted by Gasteiger charge is -2.37. The fourth-order valence-electron chi connectivity index (χ4n) is 2.05. The number of halogens is 1. The summed E-state index contributed by atoms with van der Waals surface area (Å²) in [6.07, 6.45) is 5.48. The van der Waals surface area contributed by atoms with Gasteiger partial charge < -0.3 is 0 Å². The molecule has 2 rings (SSSR count). The molecular formula is C12H18BrNS. The molecule has 1 nitrogen and oxygen atoms in total. The van der Waals surface area contributed by atoms with Crippen molar-refractivity contribution in [2.75, 3.05) is 18.4 Å². The third-order valence-electron chi connectivity index (χ3n) is 3.19. The molecule has 0 aromatic carbocycles. The van der Waals surface area contributed by atoms with Crippen molar-refractivity contribution in [1.82, 2.24) is 4.90 Å². The quantitative estimate of drug-likeness (QED) is 0.724. The second kappa shape index (κ2) is 6.02. The van der Waals surface area contributed by atoms with E-state index in [9.17, 15) is 0 Å². The zero-order chi connectivity index (χ0) is 10.5. The van der Waals surface area contributed by atoms with Gasteiger partial charge in [-0.25, -0.2) is 0 Å². The van der Waals surface area contributed by atoms with Gasteiger partial charge in [-0.3, -0.25) is 4.90 Å². The third-order valence-corrected chi connectivity index (χ3v) is 4.48. The smallest absolute Gasteiger partial charge is 0.0159 e. The molecule has 1 heterocycles. The molecule has 0 atom stereocenters. The van der Waals surface area contributed by atoms with E-state index in [0.717, 1.165) is 11.4 Å². The average molecular weight is 288 g/mol. The molecule has 1 aromatic heterocycles. The highest BCUT2D eigenvalue weighted by Gasteiger charge is 2.23. The summed E-state index contributed by atoms with van der Waals surface area (Å²) in [5.41, 5.74) is 0. The van der Waals surface area contributed by atoms with Crippen LogP contribution in [0.5, 0.6) is 0 Å². The van der Waals surface area contributed by atoms with Gasteiger partial charge in [0.2, 0.25) is 0 Å². The molecule has 1 aromatic rings. The van der Waals surface area contributed by atoms with Crippen molar-refractivity contribution < 1.29 is 0 Å². The van der Waals surface area contributed by atoms with E-state index in [1.54, 1.807) is 0 Å². The van der Waals surface area contributed by atoms with E-state index >= 15 is 0 Å². The zero-order valence-corrected chi connectivity index (χ0v) is 11.4. The maximum atomic E-state index is 3.55. The monoisotopic (exact) mass is 287 g/mol. The first-order chi connectivity index (χ1) is 7.40. The number of nitrogens with zero attached hydrogens (tertiary/aromatic N) is 1. The van der Waals surface area contributed by atoms with Gasteiger partial charge >= 0.3 is 0 Å². The molecule has 0 N–H and O–H groups in total. The fraction of sp³-hybridized carbons (Fsp3) is 0.667. The largest absolute Gasteiger partial charge is 0.299 e. The van der Waals surface area contributed by atoms with Gasteiger partial charge in [0.05, 0.1) is 0 Å². The van der Waals surface area contributed by atoms with Crippen LogP contribution in [0.15, 0.2) is 17.5 Å². The minimum Gasteiger partial charge on any atom is -0.299 e. The Kier molecular flexibility index (Phi) is 4.66. The molecule has 15 heavy (non-hydrogen) atoms. The lowest BCUT2D eigenvalue weighted by Crippen LogP contribution is -2.42. The van der Waals surface area contributed by atoms with Crippen LogP contribution in [0.3, 0.4) is 0 Å². The van der Waals surface area contributed by atoms with Crippen molar-refractivity contribution in [3.05, 3.63) is 22.4 Å². The van der Waals surface area contributed by atoms with Crippen LogP contribution in [0.25, 0.3) is 0 Å². The Bertz CT molecular complexity index is 269. The number of alkyl halides is 1. The highest BCUT2D eigenvalue weighted by atomic mass is 79.9. The highest BCUT2D eigenvalue weighted by Crippen LogP contribution is 2.25. The van der Waals surface area contributed by atoms with Crippen LogP contribution in [0.1, 0.15) is 24.1 Å². The van der Waals surface area contributed by atoms with Gasteiger partial charge in [0, 0.05) is 29.3 Å².